The molecule has 0 atom stereocenters. The summed E-state index contributed by atoms with van der Waals surface area (Å²) in [6.45, 7) is 18.1. The minimum Gasteiger partial charge on any atom is -0.285 e. The van der Waals surface area contributed by atoms with Gasteiger partial charge in [-0.1, -0.05) is 57.5 Å². The lowest BCUT2D eigenvalue weighted by Gasteiger charge is -2.30. The molecule has 23 heavy (non-hydrogen) atoms. The van der Waals surface area contributed by atoms with Gasteiger partial charge in [-0.25, -0.2) is 0 Å². The Kier molecular flexibility index (Phi) is 4.61. The topological polar surface area (TPSA) is 22.0 Å². The number of hydrogen-bond acceptors (Lipinski definition) is 1. The van der Waals surface area contributed by atoms with E-state index in [4.69, 9.17) is 0 Å². The van der Waals surface area contributed by atoms with Gasteiger partial charge >= 0.3 is 0 Å². The van der Waals surface area contributed by atoms with E-state index in [-0.39, 0.29) is 5.56 Å². The second kappa shape index (κ2) is 5.91. The van der Waals surface area contributed by atoms with Crippen molar-refractivity contribution >= 4 is 26.7 Å². The van der Waals surface area contributed by atoms with Crippen LogP contribution in [0.2, 0.25) is 39.3 Å². The Morgan fingerprint density at radius 1 is 0.783 bits per heavy atom. The molecule has 2 rings (SSSR count). The molecule has 0 aliphatic rings. The zero-order chi connectivity index (χ0) is 17.6. The predicted octanol–water partition coefficient (Wildman–Crippen LogP) is 3.54. The van der Waals surface area contributed by atoms with E-state index in [9.17, 15) is 4.79 Å². The lowest BCUT2D eigenvalue weighted by molar-refractivity contribution is 1.01. The van der Waals surface area contributed by atoms with Gasteiger partial charge in [-0.05, 0) is 37.1 Å². The van der Waals surface area contributed by atoms with Crippen LogP contribution in [0.25, 0.3) is 5.69 Å². The molecule has 1 heterocycles. The largest absolute Gasteiger partial charge is 0.285 e. The third-order valence-electron chi connectivity index (χ3n) is 4.41. The molecular formula is C19H29NOSi2. The van der Waals surface area contributed by atoms with Crippen LogP contribution in [0, 0.1) is 13.8 Å². The van der Waals surface area contributed by atoms with E-state index in [0.717, 1.165) is 10.9 Å². The first-order chi connectivity index (χ1) is 10.5. The second-order valence-electron chi connectivity index (χ2n) is 8.45. The normalized spacial score (nSPS) is 12.5. The molecule has 0 radical (unpaired) electrons. The van der Waals surface area contributed by atoms with E-state index in [0.29, 0.717) is 0 Å². The molecule has 0 aliphatic heterocycles. The van der Waals surface area contributed by atoms with Crippen LogP contribution in [0.4, 0.5) is 0 Å². The van der Waals surface area contributed by atoms with Crippen LogP contribution in [0.5, 0.6) is 0 Å². The van der Waals surface area contributed by atoms with Gasteiger partial charge in [-0.15, -0.1) is 0 Å². The van der Waals surface area contributed by atoms with E-state index >= 15 is 0 Å². The number of nitrogens with zero attached hydrogens (tertiary/aromatic N) is 1. The van der Waals surface area contributed by atoms with Gasteiger partial charge in [0.15, 0.2) is 0 Å². The number of hydrogen-bond donors (Lipinski definition) is 0. The van der Waals surface area contributed by atoms with Crippen molar-refractivity contribution < 1.29 is 0 Å². The summed E-state index contributed by atoms with van der Waals surface area (Å²) in [5, 5.41) is 2.33. The molecule has 2 nitrogen and oxygen atoms in total. The van der Waals surface area contributed by atoms with Crippen LogP contribution < -0.4 is 16.1 Å². The smallest absolute Gasteiger partial charge is 0.254 e. The molecule has 1 aromatic heterocycles. The van der Waals surface area contributed by atoms with Crippen LogP contribution >= 0.6 is 0 Å². The van der Waals surface area contributed by atoms with Crippen molar-refractivity contribution in [2.75, 3.05) is 0 Å². The molecule has 0 spiro atoms. The fourth-order valence-electron chi connectivity index (χ4n) is 3.51. The van der Waals surface area contributed by atoms with Gasteiger partial charge in [0, 0.05) is 16.2 Å². The third kappa shape index (κ3) is 3.28. The van der Waals surface area contributed by atoms with Gasteiger partial charge in [0.05, 0.1) is 16.1 Å². The van der Waals surface area contributed by atoms with Gasteiger partial charge in [-0.2, -0.15) is 0 Å². The minimum atomic E-state index is -1.72. The highest BCUT2D eigenvalue weighted by atomic mass is 28.3. The van der Waals surface area contributed by atoms with Crippen LogP contribution in [-0.2, 0) is 0 Å². The molecule has 0 saturated heterocycles. The molecule has 2 aromatic rings. The summed E-state index contributed by atoms with van der Waals surface area (Å²) in [5.41, 5.74) is 3.73. The summed E-state index contributed by atoms with van der Waals surface area (Å²) in [6, 6.07) is 10.1. The Hall–Kier alpha value is -1.40. The van der Waals surface area contributed by atoms with Gasteiger partial charge in [0.25, 0.3) is 5.56 Å². The van der Waals surface area contributed by atoms with Crippen LogP contribution in [0.15, 0.2) is 35.1 Å². The maximum absolute atomic E-state index is 13.5. The zero-order valence-corrected chi connectivity index (χ0v) is 17.7. The van der Waals surface area contributed by atoms with Crippen molar-refractivity contribution in [2.24, 2.45) is 0 Å². The van der Waals surface area contributed by atoms with Crippen LogP contribution in [-0.4, -0.2) is 20.7 Å². The molecule has 0 bridgehead atoms. The molecule has 0 aliphatic carbocycles. The number of para-hydroxylation sites is 1. The molecule has 124 valence electrons. The maximum atomic E-state index is 13.5. The van der Waals surface area contributed by atoms with E-state index < -0.39 is 16.1 Å². The van der Waals surface area contributed by atoms with Gasteiger partial charge in [-0.3, -0.25) is 9.36 Å². The Morgan fingerprint density at radius 2 is 1.30 bits per heavy atom. The molecule has 1 aromatic carbocycles. The summed E-state index contributed by atoms with van der Waals surface area (Å²) in [4.78, 5) is 13.5. The number of benzene rings is 1. The number of pyridine rings is 1. The molecule has 0 fully saturated rings. The fraction of sp³-hybridized carbons (Fsp3) is 0.421. The standard InChI is InChI=1S/C19H29NOSi2/c1-14-15(2)19(23(6,7)8)20(16-12-10-9-11-13-16)18(21)17(14)22(3,4)5/h9-13H,1-8H3. The first kappa shape index (κ1) is 17.9. The summed E-state index contributed by atoms with van der Waals surface area (Å²) in [5.74, 6) is 0. The SMILES string of the molecule is Cc1c(C)c([Si](C)(C)C)n(-c2ccccc2)c(=O)c1[Si](C)(C)C. The molecule has 0 amide bonds. The minimum absolute atomic E-state index is 0.205. The molecular weight excluding hydrogens is 314 g/mol. The Balaban J connectivity index is 3.04. The zero-order valence-electron chi connectivity index (χ0n) is 15.7. The van der Waals surface area contributed by atoms with Gasteiger partial charge in [0.1, 0.15) is 0 Å². The quantitative estimate of drug-likeness (QED) is 0.781. The molecule has 0 saturated carbocycles. The van der Waals surface area contributed by atoms with Crippen molar-refractivity contribution in [1.82, 2.24) is 4.57 Å². The summed E-state index contributed by atoms with van der Waals surface area (Å²) < 4.78 is 2.02. The predicted molar refractivity (Wildman–Crippen MR) is 107 cm³/mol. The van der Waals surface area contributed by atoms with E-state index in [1.807, 2.05) is 34.9 Å². The molecule has 0 N–H and O–H groups in total. The highest BCUT2D eigenvalue weighted by molar-refractivity contribution is 6.90. The Bertz CT molecular complexity index is 778. The third-order valence-corrected chi connectivity index (χ3v) is 8.52. The lowest BCUT2D eigenvalue weighted by atomic mass is 10.1. The summed E-state index contributed by atoms with van der Waals surface area (Å²) in [6.07, 6.45) is 0. The van der Waals surface area contributed by atoms with E-state index in [1.54, 1.807) is 0 Å². The maximum Gasteiger partial charge on any atom is 0.254 e. The van der Waals surface area contributed by atoms with Crippen molar-refractivity contribution in [2.45, 2.75) is 53.1 Å². The van der Waals surface area contributed by atoms with Crippen LogP contribution in [0.1, 0.15) is 11.1 Å². The Morgan fingerprint density at radius 3 is 1.74 bits per heavy atom. The van der Waals surface area contributed by atoms with Crippen LogP contribution in [0.3, 0.4) is 0 Å². The van der Waals surface area contributed by atoms with Crippen molar-refractivity contribution in [1.29, 1.82) is 0 Å². The number of rotatable bonds is 3. The van der Waals surface area contributed by atoms with E-state index in [2.05, 4.69) is 53.1 Å². The highest BCUT2D eigenvalue weighted by Gasteiger charge is 2.31. The van der Waals surface area contributed by atoms with Crippen molar-refractivity contribution in [3.8, 4) is 5.69 Å². The summed E-state index contributed by atoms with van der Waals surface area (Å²) in [7, 11) is -3.39. The van der Waals surface area contributed by atoms with Gasteiger partial charge < -0.3 is 0 Å². The first-order valence-electron chi connectivity index (χ1n) is 8.29. The lowest BCUT2D eigenvalue weighted by Crippen LogP contribution is -2.59. The average Bonchev–Trinajstić information content (AvgIpc) is 2.40. The van der Waals surface area contributed by atoms with Crippen molar-refractivity contribution in [3.63, 3.8) is 0 Å². The fourth-order valence-corrected chi connectivity index (χ4v) is 7.79. The van der Waals surface area contributed by atoms with Gasteiger partial charge in [0.2, 0.25) is 0 Å². The first-order valence-corrected chi connectivity index (χ1v) is 15.3. The molecule has 0 unspecified atom stereocenters. The van der Waals surface area contributed by atoms with E-state index in [1.165, 1.54) is 16.4 Å². The average molecular weight is 344 g/mol. The van der Waals surface area contributed by atoms with Crippen molar-refractivity contribution in [3.05, 3.63) is 51.8 Å². The highest BCUT2D eigenvalue weighted by Crippen LogP contribution is 2.14. The monoisotopic (exact) mass is 343 g/mol. The Labute approximate surface area is 142 Å². The summed E-state index contributed by atoms with van der Waals surface area (Å²) >= 11 is 0. The second-order valence-corrected chi connectivity index (χ2v) is 18.4. The molecule has 4 heteroatoms. The number of aromatic nitrogens is 1.